The number of rotatable bonds is 5. The van der Waals surface area contributed by atoms with E-state index in [1.54, 1.807) is 0 Å². The molecule has 0 aliphatic carbocycles. The summed E-state index contributed by atoms with van der Waals surface area (Å²) in [5.41, 5.74) is 1.01. The van der Waals surface area contributed by atoms with Crippen LogP contribution in [0.25, 0.3) is 0 Å². The van der Waals surface area contributed by atoms with E-state index in [1.807, 2.05) is 58.0 Å². The lowest BCUT2D eigenvalue weighted by Gasteiger charge is -2.20. The summed E-state index contributed by atoms with van der Waals surface area (Å²) in [6.07, 6.45) is 0.172. The van der Waals surface area contributed by atoms with Crippen molar-refractivity contribution in [3.63, 3.8) is 0 Å². The highest BCUT2D eigenvalue weighted by molar-refractivity contribution is 5.74. The molecule has 0 amide bonds. The molecule has 2 rings (SSSR count). The lowest BCUT2D eigenvalue weighted by atomic mass is 10.1. The van der Waals surface area contributed by atoms with Gasteiger partial charge in [0.1, 0.15) is 29.4 Å². The van der Waals surface area contributed by atoms with E-state index in [0.717, 1.165) is 11.3 Å². The third-order valence-electron chi connectivity index (χ3n) is 2.78. The predicted octanol–water partition coefficient (Wildman–Crippen LogP) is 3.45. The molecule has 22 heavy (non-hydrogen) atoms. The van der Waals surface area contributed by atoms with E-state index in [-0.39, 0.29) is 12.4 Å². The maximum atomic E-state index is 12.0. The summed E-state index contributed by atoms with van der Waals surface area (Å²) in [6.45, 7) is 7.66. The van der Waals surface area contributed by atoms with E-state index < -0.39 is 5.60 Å². The van der Waals surface area contributed by atoms with E-state index in [0.29, 0.717) is 18.1 Å². The van der Waals surface area contributed by atoms with Crippen molar-refractivity contribution in [2.45, 2.75) is 46.3 Å². The summed E-state index contributed by atoms with van der Waals surface area (Å²) in [6, 6.07) is 9.23. The van der Waals surface area contributed by atoms with Crippen LogP contribution in [-0.4, -0.2) is 16.7 Å². The highest BCUT2D eigenvalue weighted by atomic mass is 16.6. The van der Waals surface area contributed by atoms with E-state index in [4.69, 9.17) is 14.0 Å². The molecule has 0 unspecified atom stereocenters. The van der Waals surface area contributed by atoms with Gasteiger partial charge >= 0.3 is 5.97 Å². The number of aryl methyl sites for hydroxylation is 1. The lowest BCUT2D eigenvalue weighted by Crippen LogP contribution is -2.25. The molecule has 1 aromatic heterocycles. The van der Waals surface area contributed by atoms with E-state index in [9.17, 15) is 4.79 Å². The second kappa shape index (κ2) is 6.64. The number of esters is 1. The first-order valence-corrected chi connectivity index (χ1v) is 7.18. The predicted molar refractivity (Wildman–Crippen MR) is 81.6 cm³/mol. The van der Waals surface area contributed by atoms with Gasteiger partial charge in [0.25, 0.3) is 0 Å². The number of benzene rings is 1. The molecule has 0 saturated carbocycles. The van der Waals surface area contributed by atoms with Gasteiger partial charge in [-0.25, -0.2) is 0 Å². The maximum Gasteiger partial charge on any atom is 0.310 e. The van der Waals surface area contributed by atoms with Crippen LogP contribution in [0, 0.1) is 6.92 Å². The number of aromatic nitrogens is 1. The van der Waals surface area contributed by atoms with Crippen LogP contribution in [0.3, 0.4) is 0 Å². The third kappa shape index (κ3) is 4.91. The molecule has 0 N–H and O–H groups in total. The molecule has 1 aromatic carbocycles. The zero-order valence-corrected chi connectivity index (χ0v) is 13.4. The van der Waals surface area contributed by atoms with Crippen LogP contribution in [0.4, 0.5) is 0 Å². The standard InChI is InChI=1S/C17H21NO4/c1-12-9-14(18-22-12)11-20-15-8-6-5-7-13(15)10-16(19)21-17(2,3)4/h5-9H,10-11H2,1-4H3. The van der Waals surface area contributed by atoms with E-state index in [2.05, 4.69) is 5.16 Å². The fourth-order valence-electron chi connectivity index (χ4n) is 1.96. The Balaban J connectivity index is 2.01. The van der Waals surface area contributed by atoms with Crippen molar-refractivity contribution < 1.29 is 18.8 Å². The lowest BCUT2D eigenvalue weighted by molar-refractivity contribution is -0.153. The zero-order chi connectivity index (χ0) is 16.2. The van der Waals surface area contributed by atoms with Crippen molar-refractivity contribution in [2.24, 2.45) is 0 Å². The Bertz CT molecular complexity index is 640. The Morgan fingerprint density at radius 3 is 2.64 bits per heavy atom. The van der Waals surface area contributed by atoms with Crippen molar-refractivity contribution in [3.05, 3.63) is 47.3 Å². The van der Waals surface area contributed by atoms with Crippen molar-refractivity contribution in [1.29, 1.82) is 0 Å². The van der Waals surface area contributed by atoms with Crippen LogP contribution in [0.2, 0.25) is 0 Å². The number of para-hydroxylation sites is 1. The van der Waals surface area contributed by atoms with Gasteiger partial charge in [0, 0.05) is 11.6 Å². The Labute approximate surface area is 130 Å². The summed E-state index contributed by atoms with van der Waals surface area (Å²) in [5.74, 6) is 1.11. The maximum absolute atomic E-state index is 12.0. The quantitative estimate of drug-likeness (QED) is 0.792. The minimum absolute atomic E-state index is 0.172. The number of nitrogens with zero attached hydrogens (tertiary/aromatic N) is 1. The van der Waals surface area contributed by atoms with Crippen LogP contribution in [-0.2, 0) is 22.6 Å². The van der Waals surface area contributed by atoms with Gasteiger partial charge in [0.05, 0.1) is 6.42 Å². The molecule has 0 aliphatic heterocycles. The Kier molecular flexibility index (Phi) is 4.85. The van der Waals surface area contributed by atoms with Gasteiger partial charge < -0.3 is 14.0 Å². The van der Waals surface area contributed by atoms with Gasteiger partial charge in [0.15, 0.2) is 0 Å². The van der Waals surface area contributed by atoms with E-state index in [1.165, 1.54) is 0 Å². The summed E-state index contributed by atoms with van der Waals surface area (Å²) in [5, 5.41) is 3.88. The molecular weight excluding hydrogens is 282 g/mol. The van der Waals surface area contributed by atoms with Gasteiger partial charge in [-0.2, -0.15) is 0 Å². The van der Waals surface area contributed by atoms with Gasteiger partial charge in [-0.1, -0.05) is 23.4 Å². The number of carbonyl (C=O) groups is 1. The minimum Gasteiger partial charge on any atom is -0.487 e. The molecule has 0 saturated heterocycles. The first-order valence-electron chi connectivity index (χ1n) is 7.18. The van der Waals surface area contributed by atoms with Crippen LogP contribution >= 0.6 is 0 Å². The van der Waals surface area contributed by atoms with Crippen molar-refractivity contribution >= 4 is 5.97 Å². The molecule has 0 radical (unpaired) electrons. The van der Waals surface area contributed by atoms with Crippen molar-refractivity contribution in [2.75, 3.05) is 0 Å². The van der Waals surface area contributed by atoms with Crippen LogP contribution in [0.1, 0.15) is 37.8 Å². The summed E-state index contributed by atoms with van der Waals surface area (Å²) in [4.78, 5) is 12.0. The largest absolute Gasteiger partial charge is 0.487 e. The molecule has 5 nitrogen and oxygen atoms in total. The third-order valence-corrected chi connectivity index (χ3v) is 2.78. The van der Waals surface area contributed by atoms with Gasteiger partial charge in [-0.15, -0.1) is 0 Å². The highest BCUT2D eigenvalue weighted by Crippen LogP contribution is 2.21. The first-order chi connectivity index (χ1) is 10.3. The SMILES string of the molecule is Cc1cc(COc2ccccc2CC(=O)OC(C)(C)C)no1. The van der Waals surface area contributed by atoms with Crippen molar-refractivity contribution in [3.8, 4) is 5.75 Å². The average molecular weight is 303 g/mol. The molecule has 5 heteroatoms. The highest BCUT2D eigenvalue weighted by Gasteiger charge is 2.18. The number of hydrogen-bond donors (Lipinski definition) is 0. The smallest absolute Gasteiger partial charge is 0.310 e. The molecule has 0 spiro atoms. The van der Waals surface area contributed by atoms with Crippen molar-refractivity contribution in [1.82, 2.24) is 5.16 Å². The Morgan fingerprint density at radius 2 is 2.00 bits per heavy atom. The first kappa shape index (κ1) is 16.1. The second-order valence-electron chi connectivity index (χ2n) is 6.09. The van der Waals surface area contributed by atoms with Crippen LogP contribution in [0.5, 0.6) is 5.75 Å². The fraction of sp³-hybridized carbons (Fsp3) is 0.412. The Hall–Kier alpha value is -2.30. The molecule has 0 fully saturated rings. The number of hydrogen-bond acceptors (Lipinski definition) is 5. The fourth-order valence-corrected chi connectivity index (χ4v) is 1.96. The Morgan fingerprint density at radius 1 is 1.27 bits per heavy atom. The molecular formula is C17H21NO4. The average Bonchev–Trinajstić information content (AvgIpc) is 2.81. The van der Waals surface area contributed by atoms with Gasteiger partial charge in [-0.3, -0.25) is 4.79 Å². The molecule has 1 heterocycles. The number of ether oxygens (including phenoxy) is 2. The summed E-state index contributed by atoms with van der Waals surface area (Å²) >= 11 is 0. The molecule has 2 aromatic rings. The molecule has 0 bridgehead atoms. The van der Waals surface area contributed by atoms with Crippen LogP contribution in [0.15, 0.2) is 34.9 Å². The summed E-state index contributed by atoms with van der Waals surface area (Å²) < 4.78 is 16.1. The monoisotopic (exact) mass is 303 g/mol. The van der Waals surface area contributed by atoms with Gasteiger partial charge in [-0.05, 0) is 33.8 Å². The topological polar surface area (TPSA) is 61.6 Å². The minimum atomic E-state index is -0.495. The van der Waals surface area contributed by atoms with E-state index >= 15 is 0 Å². The normalized spacial score (nSPS) is 11.3. The van der Waals surface area contributed by atoms with Gasteiger partial charge in [0.2, 0.25) is 0 Å². The summed E-state index contributed by atoms with van der Waals surface area (Å²) in [7, 11) is 0. The molecule has 0 atom stereocenters. The van der Waals surface area contributed by atoms with Crippen LogP contribution < -0.4 is 4.74 Å². The zero-order valence-electron chi connectivity index (χ0n) is 13.4. The molecule has 0 aliphatic rings. The number of carbonyl (C=O) groups excluding carboxylic acids is 1. The molecule has 118 valence electrons. The second-order valence-corrected chi connectivity index (χ2v) is 6.09.